The number of carbonyl (C=O) groups is 1. The maximum atomic E-state index is 13.5. The molecular weight excluding hydrogens is 621 g/mol. The van der Waals surface area contributed by atoms with E-state index in [1.54, 1.807) is 42.5 Å². The highest BCUT2D eigenvalue weighted by atomic mass is 35.5. The number of hydrogen-bond donors (Lipinski definition) is 1. The Labute approximate surface area is 259 Å². The Morgan fingerprint density at radius 2 is 1.57 bits per heavy atom. The number of nitrogens with zero attached hydrogens (tertiary/aromatic N) is 2. The molecule has 4 aromatic rings. The Balaban J connectivity index is 1.47. The Kier molecular flexibility index (Phi) is 10.7. The number of anilines is 1. The number of hydrogen-bond acceptors (Lipinski definition) is 6. The summed E-state index contributed by atoms with van der Waals surface area (Å²) < 4.78 is 39.5. The van der Waals surface area contributed by atoms with Crippen LogP contribution in [0.2, 0.25) is 15.1 Å². The number of ether oxygens (including phenoxy) is 2. The summed E-state index contributed by atoms with van der Waals surface area (Å²) in [6, 6.07) is 24.4. The van der Waals surface area contributed by atoms with Crippen LogP contribution in [0.1, 0.15) is 18.1 Å². The average Bonchev–Trinajstić information content (AvgIpc) is 2.96. The predicted octanol–water partition coefficient (Wildman–Crippen LogP) is 6.97. The fourth-order valence-electron chi connectivity index (χ4n) is 3.81. The second kappa shape index (κ2) is 14.4. The lowest BCUT2D eigenvalue weighted by Gasteiger charge is -2.23. The van der Waals surface area contributed by atoms with E-state index in [9.17, 15) is 13.2 Å². The summed E-state index contributed by atoms with van der Waals surface area (Å²) >= 11 is 18.1. The fourth-order valence-corrected chi connectivity index (χ4v) is 5.74. The van der Waals surface area contributed by atoms with Crippen LogP contribution in [0.25, 0.3) is 0 Å². The van der Waals surface area contributed by atoms with Gasteiger partial charge in [-0.1, -0.05) is 53.0 Å². The highest BCUT2D eigenvalue weighted by Gasteiger charge is 2.27. The van der Waals surface area contributed by atoms with E-state index in [0.717, 1.165) is 9.87 Å². The van der Waals surface area contributed by atoms with Crippen LogP contribution in [0.3, 0.4) is 0 Å². The number of sulfonamides is 1. The highest BCUT2D eigenvalue weighted by Crippen LogP contribution is 2.29. The van der Waals surface area contributed by atoms with Gasteiger partial charge in [0.1, 0.15) is 13.2 Å². The third-order valence-corrected chi connectivity index (χ3v) is 8.25. The van der Waals surface area contributed by atoms with Crippen molar-refractivity contribution in [1.29, 1.82) is 0 Å². The molecule has 0 fully saturated rings. The number of carbonyl (C=O) groups excluding carboxylic acids is 1. The summed E-state index contributed by atoms with van der Waals surface area (Å²) in [7, 11) is -4.14. The molecule has 0 radical (unpaired) electrons. The molecule has 4 rings (SSSR count). The van der Waals surface area contributed by atoms with Crippen LogP contribution in [0, 0.1) is 0 Å². The molecule has 0 aliphatic carbocycles. The lowest BCUT2D eigenvalue weighted by atomic mass is 10.2. The lowest BCUT2D eigenvalue weighted by molar-refractivity contribution is -0.119. The first-order valence-electron chi connectivity index (χ1n) is 12.7. The second-order valence-corrected chi connectivity index (χ2v) is 12.0. The van der Waals surface area contributed by atoms with Gasteiger partial charge in [-0.2, -0.15) is 5.10 Å². The van der Waals surface area contributed by atoms with Gasteiger partial charge in [-0.15, -0.1) is 0 Å². The SMILES string of the molecule is CCOc1cc(/C=N\NC(=O)CN(c2cccc(Cl)c2)S(=O)(=O)c2ccc(Cl)cc2)ccc1OCc1cccc(Cl)c1. The number of halogens is 3. The van der Waals surface area contributed by atoms with E-state index in [0.29, 0.717) is 45.3 Å². The van der Waals surface area contributed by atoms with E-state index in [4.69, 9.17) is 44.3 Å². The summed E-state index contributed by atoms with van der Waals surface area (Å²) in [6.45, 7) is 2.01. The van der Waals surface area contributed by atoms with Gasteiger partial charge < -0.3 is 9.47 Å². The molecule has 42 heavy (non-hydrogen) atoms. The first-order valence-corrected chi connectivity index (χ1v) is 15.2. The van der Waals surface area contributed by atoms with E-state index >= 15 is 0 Å². The Bertz CT molecular complexity index is 1680. The van der Waals surface area contributed by atoms with Gasteiger partial charge in [0.05, 0.1) is 23.4 Å². The fraction of sp³-hybridized carbons (Fsp3) is 0.133. The van der Waals surface area contributed by atoms with Gasteiger partial charge in [0, 0.05) is 15.1 Å². The molecular formula is C30H26Cl3N3O5S. The Morgan fingerprint density at radius 1 is 0.857 bits per heavy atom. The number of hydrazone groups is 1. The smallest absolute Gasteiger partial charge is 0.264 e. The predicted molar refractivity (Wildman–Crippen MR) is 167 cm³/mol. The molecule has 0 saturated carbocycles. The first kappa shape index (κ1) is 31.2. The normalized spacial score (nSPS) is 11.3. The standard InChI is InChI=1S/C30H26Cl3N3O5S/c1-2-40-29-16-21(9-14-28(29)41-20-22-5-3-6-24(32)15-22)18-34-35-30(37)19-36(26-8-4-7-25(33)17-26)42(38,39)27-12-10-23(31)11-13-27/h3-18H,2,19-20H2,1H3,(H,35,37)/b34-18-. The molecule has 1 N–H and O–H groups in total. The van der Waals surface area contributed by atoms with Gasteiger partial charge in [0.15, 0.2) is 11.5 Å². The van der Waals surface area contributed by atoms with E-state index in [2.05, 4.69) is 10.5 Å². The summed E-state index contributed by atoms with van der Waals surface area (Å²) in [6.07, 6.45) is 1.42. The van der Waals surface area contributed by atoms with Crippen molar-refractivity contribution in [2.75, 3.05) is 17.5 Å². The number of rotatable bonds is 12. The monoisotopic (exact) mass is 645 g/mol. The van der Waals surface area contributed by atoms with E-state index in [1.165, 1.54) is 36.5 Å². The van der Waals surface area contributed by atoms with Crippen molar-refractivity contribution in [3.8, 4) is 11.5 Å². The van der Waals surface area contributed by atoms with Crippen LogP contribution in [0.5, 0.6) is 11.5 Å². The van der Waals surface area contributed by atoms with Crippen LogP contribution >= 0.6 is 34.8 Å². The van der Waals surface area contributed by atoms with Gasteiger partial charge in [0.2, 0.25) is 0 Å². The summed E-state index contributed by atoms with van der Waals surface area (Å²) in [4.78, 5) is 12.8. The molecule has 0 heterocycles. The quantitative estimate of drug-likeness (QED) is 0.132. The number of benzene rings is 4. The summed E-state index contributed by atoms with van der Waals surface area (Å²) in [5.41, 5.74) is 4.12. The van der Waals surface area contributed by atoms with Gasteiger partial charge in [-0.25, -0.2) is 13.8 Å². The summed E-state index contributed by atoms with van der Waals surface area (Å²) in [5, 5.41) is 5.31. The zero-order chi connectivity index (χ0) is 30.1. The topological polar surface area (TPSA) is 97.3 Å². The molecule has 4 aromatic carbocycles. The number of nitrogens with one attached hydrogen (secondary N) is 1. The Hall–Kier alpha value is -3.76. The third-order valence-electron chi connectivity index (χ3n) is 5.74. The third kappa shape index (κ3) is 8.39. The zero-order valence-corrected chi connectivity index (χ0v) is 25.4. The molecule has 0 atom stereocenters. The van der Waals surface area contributed by atoms with Crippen LogP contribution in [-0.4, -0.2) is 33.7 Å². The molecule has 0 bridgehead atoms. The first-order chi connectivity index (χ1) is 20.2. The molecule has 12 heteroatoms. The van der Waals surface area contributed by atoms with Crippen molar-refractivity contribution in [2.24, 2.45) is 5.10 Å². The van der Waals surface area contributed by atoms with E-state index < -0.39 is 22.5 Å². The van der Waals surface area contributed by atoms with Gasteiger partial charge >= 0.3 is 0 Å². The van der Waals surface area contributed by atoms with Crippen molar-refractivity contribution in [3.05, 3.63) is 117 Å². The van der Waals surface area contributed by atoms with Gasteiger partial charge in [-0.3, -0.25) is 9.10 Å². The van der Waals surface area contributed by atoms with Crippen molar-refractivity contribution in [3.63, 3.8) is 0 Å². The molecule has 1 amide bonds. The molecule has 8 nitrogen and oxygen atoms in total. The maximum Gasteiger partial charge on any atom is 0.264 e. The minimum atomic E-state index is -4.14. The van der Waals surface area contributed by atoms with Crippen molar-refractivity contribution in [2.45, 2.75) is 18.4 Å². The van der Waals surface area contributed by atoms with Gasteiger partial charge in [0.25, 0.3) is 15.9 Å². The Morgan fingerprint density at radius 3 is 2.26 bits per heavy atom. The molecule has 218 valence electrons. The van der Waals surface area contributed by atoms with Crippen LogP contribution in [0.15, 0.2) is 101 Å². The number of amides is 1. The maximum absolute atomic E-state index is 13.5. The molecule has 0 aliphatic rings. The van der Waals surface area contributed by atoms with Crippen LogP contribution in [0.4, 0.5) is 5.69 Å². The minimum absolute atomic E-state index is 0.0377. The molecule has 0 aromatic heterocycles. The van der Waals surface area contributed by atoms with Gasteiger partial charge in [-0.05, 0) is 90.8 Å². The van der Waals surface area contributed by atoms with E-state index in [-0.39, 0.29) is 10.6 Å². The zero-order valence-electron chi connectivity index (χ0n) is 22.3. The molecule has 0 aliphatic heterocycles. The van der Waals surface area contributed by atoms with E-state index in [1.807, 2.05) is 25.1 Å². The van der Waals surface area contributed by atoms with Crippen molar-refractivity contribution < 1.29 is 22.7 Å². The minimum Gasteiger partial charge on any atom is -0.490 e. The lowest BCUT2D eigenvalue weighted by Crippen LogP contribution is -2.39. The molecule has 0 spiro atoms. The van der Waals surface area contributed by atoms with Crippen LogP contribution < -0.4 is 19.2 Å². The molecule has 0 saturated heterocycles. The second-order valence-electron chi connectivity index (χ2n) is 8.80. The van der Waals surface area contributed by atoms with Crippen molar-refractivity contribution >= 4 is 62.6 Å². The summed E-state index contributed by atoms with van der Waals surface area (Å²) in [5.74, 6) is 0.355. The van der Waals surface area contributed by atoms with Crippen LogP contribution in [-0.2, 0) is 21.4 Å². The van der Waals surface area contributed by atoms with Crippen molar-refractivity contribution in [1.82, 2.24) is 5.43 Å². The molecule has 0 unspecified atom stereocenters. The highest BCUT2D eigenvalue weighted by molar-refractivity contribution is 7.92. The average molecular weight is 647 g/mol. The largest absolute Gasteiger partial charge is 0.490 e.